The van der Waals surface area contributed by atoms with Crippen LogP contribution in [-0.4, -0.2) is 16.5 Å². The van der Waals surface area contributed by atoms with Crippen LogP contribution in [0.5, 0.6) is 0 Å². The summed E-state index contributed by atoms with van der Waals surface area (Å²) in [6.07, 6.45) is 2.11. The number of halogens is 1. The van der Waals surface area contributed by atoms with Gasteiger partial charge in [-0.15, -0.1) is 0 Å². The molecule has 5 heteroatoms. The molecule has 0 spiro atoms. The van der Waals surface area contributed by atoms with Gasteiger partial charge in [0.25, 0.3) is 0 Å². The van der Waals surface area contributed by atoms with Gasteiger partial charge >= 0.3 is 0 Å². The van der Waals surface area contributed by atoms with Gasteiger partial charge < -0.3 is 10.6 Å². The summed E-state index contributed by atoms with van der Waals surface area (Å²) in [5, 5.41) is 7.48. The molecule has 0 unspecified atom stereocenters. The number of nitrogens with zero attached hydrogens (tertiary/aromatic N) is 2. The summed E-state index contributed by atoms with van der Waals surface area (Å²) >= 11 is 5.92. The van der Waals surface area contributed by atoms with Crippen molar-refractivity contribution in [3.8, 4) is 0 Å². The van der Waals surface area contributed by atoms with Crippen LogP contribution in [0, 0.1) is 6.92 Å². The van der Waals surface area contributed by atoms with E-state index in [0.29, 0.717) is 6.54 Å². The molecule has 1 aromatic heterocycles. The fourth-order valence-electron chi connectivity index (χ4n) is 2.70. The van der Waals surface area contributed by atoms with Gasteiger partial charge in [-0.2, -0.15) is 0 Å². The van der Waals surface area contributed by atoms with E-state index in [-0.39, 0.29) is 0 Å². The van der Waals surface area contributed by atoms with Gasteiger partial charge in [-0.25, -0.2) is 9.97 Å². The maximum atomic E-state index is 5.92. The van der Waals surface area contributed by atoms with Crippen molar-refractivity contribution in [2.24, 2.45) is 0 Å². The fourth-order valence-corrected chi connectivity index (χ4v) is 2.82. The highest BCUT2D eigenvalue weighted by Crippen LogP contribution is 2.14. The van der Waals surface area contributed by atoms with Crippen LogP contribution in [-0.2, 0) is 13.0 Å². The standard InChI is InChI=1S/C21H23ClN4/c1-16-25-20(23-13-5-8-17-6-3-2-4-7-17)14-21(26-16)24-15-18-9-11-19(22)12-10-18/h2-4,6-7,9-12,14H,5,8,13,15H2,1H3,(H2,23,24,25,26). The molecule has 0 saturated carbocycles. The topological polar surface area (TPSA) is 49.8 Å². The number of benzene rings is 2. The molecule has 0 radical (unpaired) electrons. The van der Waals surface area contributed by atoms with Crippen molar-refractivity contribution in [1.29, 1.82) is 0 Å². The number of rotatable bonds is 8. The Labute approximate surface area is 159 Å². The van der Waals surface area contributed by atoms with Crippen LogP contribution >= 0.6 is 11.6 Å². The van der Waals surface area contributed by atoms with Crippen LogP contribution in [0.25, 0.3) is 0 Å². The Hall–Kier alpha value is -2.59. The second kappa shape index (κ2) is 9.20. The second-order valence-corrected chi connectivity index (χ2v) is 6.62. The van der Waals surface area contributed by atoms with Crippen LogP contribution in [0.3, 0.4) is 0 Å². The zero-order chi connectivity index (χ0) is 18.2. The number of nitrogens with one attached hydrogen (secondary N) is 2. The lowest BCUT2D eigenvalue weighted by Gasteiger charge is -2.10. The van der Waals surface area contributed by atoms with Crippen molar-refractivity contribution in [2.45, 2.75) is 26.3 Å². The van der Waals surface area contributed by atoms with Crippen molar-refractivity contribution < 1.29 is 0 Å². The maximum absolute atomic E-state index is 5.92. The molecule has 3 aromatic rings. The average molecular weight is 367 g/mol. The van der Waals surface area contributed by atoms with Crippen molar-refractivity contribution in [3.05, 3.63) is 82.6 Å². The van der Waals surface area contributed by atoms with E-state index in [1.807, 2.05) is 43.3 Å². The predicted octanol–water partition coefficient (Wildman–Crippen LogP) is 5.10. The third-order valence-corrected chi connectivity index (χ3v) is 4.27. The van der Waals surface area contributed by atoms with Crippen molar-refractivity contribution in [2.75, 3.05) is 17.2 Å². The minimum Gasteiger partial charge on any atom is -0.370 e. The summed E-state index contributed by atoms with van der Waals surface area (Å²) in [6, 6.07) is 20.3. The summed E-state index contributed by atoms with van der Waals surface area (Å²) in [4.78, 5) is 8.92. The summed E-state index contributed by atoms with van der Waals surface area (Å²) in [7, 11) is 0. The highest BCUT2D eigenvalue weighted by Gasteiger charge is 2.02. The Balaban J connectivity index is 1.51. The number of aryl methyl sites for hydroxylation is 2. The molecule has 0 fully saturated rings. The first kappa shape index (κ1) is 18.2. The molecule has 0 aliphatic rings. The van der Waals surface area contributed by atoms with Gasteiger partial charge in [0.1, 0.15) is 17.5 Å². The molecule has 2 aromatic carbocycles. The molecule has 4 nitrogen and oxygen atoms in total. The van der Waals surface area contributed by atoms with Gasteiger partial charge in [0.2, 0.25) is 0 Å². The number of aromatic nitrogens is 2. The van der Waals surface area contributed by atoms with Crippen LogP contribution in [0.15, 0.2) is 60.7 Å². The minimum atomic E-state index is 0.696. The highest BCUT2D eigenvalue weighted by molar-refractivity contribution is 6.30. The molecule has 0 amide bonds. The molecule has 3 rings (SSSR count). The lowest BCUT2D eigenvalue weighted by atomic mass is 10.1. The molecule has 0 aliphatic carbocycles. The lowest BCUT2D eigenvalue weighted by molar-refractivity contribution is 0.856. The molecular weight excluding hydrogens is 344 g/mol. The smallest absolute Gasteiger partial charge is 0.132 e. The third-order valence-electron chi connectivity index (χ3n) is 4.02. The van der Waals surface area contributed by atoms with Crippen molar-refractivity contribution in [3.63, 3.8) is 0 Å². The summed E-state index contributed by atoms with van der Waals surface area (Å²) in [5.74, 6) is 2.42. The van der Waals surface area contributed by atoms with Crippen molar-refractivity contribution in [1.82, 2.24) is 9.97 Å². The van der Waals surface area contributed by atoms with E-state index in [1.54, 1.807) is 0 Å². The third kappa shape index (κ3) is 5.74. The number of anilines is 2. The largest absolute Gasteiger partial charge is 0.370 e. The normalized spacial score (nSPS) is 10.5. The molecule has 134 valence electrons. The maximum Gasteiger partial charge on any atom is 0.132 e. The lowest BCUT2D eigenvalue weighted by Crippen LogP contribution is -2.08. The Bertz CT molecular complexity index is 819. The fraction of sp³-hybridized carbons (Fsp3) is 0.238. The molecule has 1 heterocycles. The minimum absolute atomic E-state index is 0.696. The SMILES string of the molecule is Cc1nc(NCCCc2ccccc2)cc(NCc2ccc(Cl)cc2)n1. The Morgan fingerprint density at radius 1 is 0.846 bits per heavy atom. The van der Waals surface area contributed by atoms with Gasteiger partial charge in [0.15, 0.2) is 0 Å². The van der Waals surface area contributed by atoms with E-state index in [0.717, 1.165) is 47.4 Å². The Kier molecular flexibility index (Phi) is 6.45. The molecule has 0 bridgehead atoms. The summed E-state index contributed by atoms with van der Waals surface area (Å²) < 4.78 is 0. The van der Waals surface area contributed by atoms with Crippen LogP contribution in [0.4, 0.5) is 11.6 Å². The monoisotopic (exact) mass is 366 g/mol. The van der Waals surface area contributed by atoms with Crippen LogP contribution < -0.4 is 10.6 Å². The average Bonchev–Trinajstić information content (AvgIpc) is 2.65. The van der Waals surface area contributed by atoms with Gasteiger partial charge in [-0.3, -0.25) is 0 Å². The van der Waals surface area contributed by atoms with Gasteiger partial charge in [0.05, 0.1) is 0 Å². The van der Waals surface area contributed by atoms with E-state index >= 15 is 0 Å². The van der Waals surface area contributed by atoms with E-state index in [9.17, 15) is 0 Å². The molecular formula is C21H23ClN4. The van der Waals surface area contributed by atoms with E-state index in [4.69, 9.17) is 11.6 Å². The molecule has 0 aliphatic heterocycles. The van der Waals surface area contributed by atoms with E-state index in [1.165, 1.54) is 5.56 Å². The van der Waals surface area contributed by atoms with Gasteiger partial charge in [-0.05, 0) is 43.0 Å². The first-order chi connectivity index (χ1) is 12.7. The summed E-state index contributed by atoms with van der Waals surface area (Å²) in [5.41, 5.74) is 2.52. The van der Waals surface area contributed by atoms with E-state index in [2.05, 4.69) is 44.9 Å². The first-order valence-electron chi connectivity index (χ1n) is 8.81. The molecule has 2 N–H and O–H groups in total. The quantitative estimate of drug-likeness (QED) is 0.545. The zero-order valence-corrected chi connectivity index (χ0v) is 15.6. The predicted molar refractivity (Wildman–Crippen MR) is 109 cm³/mol. The highest BCUT2D eigenvalue weighted by atomic mass is 35.5. The number of hydrogen-bond acceptors (Lipinski definition) is 4. The van der Waals surface area contributed by atoms with Crippen LogP contribution in [0.1, 0.15) is 23.4 Å². The Morgan fingerprint density at radius 2 is 1.54 bits per heavy atom. The molecule has 0 atom stereocenters. The van der Waals surface area contributed by atoms with Crippen molar-refractivity contribution >= 4 is 23.2 Å². The number of hydrogen-bond donors (Lipinski definition) is 2. The molecule has 26 heavy (non-hydrogen) atoms. The van der Waals surface area contributed by atoms with E-state index < -0.39 is 0 Å². The van der Waals surface area contributed by atoms with Gasteiger partial charge in [0, 0.05) is 24.2 Å². The van der Waals surface area contributed by atoms with Gasteiger partial charge in [-0.1, -0.05) is 54.1 Å². The molecule has 0 saturated heterocycles. The van der Waals surface area contributed by atoms with Crippen LogP contribution in [0.2, 0.25) is 5.02 Å². The summed E-state index contributed by atoms with van der Waals surface area (Å²) in [6.45, 7) is 3.48. The first-order valence-corrected chi connectivity index (χ1v) is 9.18. The Morgan fingerprint density at radius 3 is 2.27 bits per heavy atom. The second-order valence-electron chi connectivity index (χ2n) is 6.18. The zero-order valence-electron chi connectivity index (χ0n) is 14.9.